The van der Waals surface area contributed by atoms with E-state index in [0.717, 1.165) is 22.4 Å². The van der Waals surface area contributed by atoms with Crippen LogP contribution in [0, 0.1) is 13.8 Å². The van der Waals surface area contributed by atoms with E-state index >= 15 is 0 Å². The van der Waals surface area contributed by atoms with E-state index in [1.807, 2.05) is 39.0 Å². The number of anilines is 1. The van der Waals surface area contributed by atoms with E-state index in [2.05, 4.69) is 5.32 Å². The molecule has 1 aliphatic rings. The van der Waals surface area contributed by atoms with Crippen molar-refractivity contribution in [2.75, 3.05) is 18.0 Å². The Bertz CT molecular complexity index is 1320. The Hall–Kier alpha value is -3.52. The number of methoxy groups -OCH3 is 1. The average Bonchev–Trinajstić information content (AvgIpc) is 2.86. The summed E-state index contributed by atoms with van der Waals surface area (Å²) in [6.07, 6.45) is -0.342. The lowest BCUT2D eigenvalue weighted by Gasteiger charge is -2.35. The number of fused-ring (bicyclic) bond motifs is 1. The van der Waals surface area contributed by atoms with Crippen molar-refractivity contribution in [1.82, 2.24) is 5.32 Å². The Morgan fingerprint density at radius 2 is 1.83 bits per heavy atom. The number of carbonyl (C=O) groups excluding carboxylic acids is 1. The molecule has 4 rings (SSSR count). The van der Waals surface area contributed by atoms with Crippen LogP contribution in [-0.4, -0.2) is 34.1 Å². The zero-order valence-corrected chi connectivity index (χ0v) is 21.1. The van der Waals surface area contributed by atoms with Crippen LogP contribution in [0.15, 0.2) is 71.6 Å². The molecule has 1 amide bonds. The molecule has 1 heterocycles. The van der Waals surface area contributed by atoms with Gasteiger partial charge in [0.2, 0.25) is 0 Å². The highest BCUT2D eigenvalue weighted by Gasteiger charge is 2.38. The fraction of sp³-hybridized carbons (Fsp3) is 0.296. The quantitative estimate of drug-likeness (QED) is 0.521. The summed E-state index contributed by atoms with van der Waals surface area (Å²) in [5.41, 5.74) is 3.29. The molecular formula is C27H30N2O5S. The number of amides is 1. The first-order chi connectivity index (χ1) is 16.7. The molecule has 8 heteroatoms. The van der Waals surface area contributed by atoms with Gasteiger partial charge >= 0.3 is 0 Å². The van der Waals surface area contributed by atoms with Crippen molar-refractivity contribution in [3.05, 3.63) is 83.4 Å². The first-order valence-corrected chi connectivity index (χ1v) is 13.0. The molecule has 0 saturated heterocycles. The smallest absolute Gasteiger partial charge is 0.264 e. The third-order valence-electron chi connectivity index (χ3n) is 6.18. The molecule has 0 fully saturated rings. The largest absolute Gasteiger partial charge is 0.496 e. The van der Waals surface area contributed by atoms with Crippen molar-refractivity contribution in [2.24, 2.45) is 0 Å². The van der Waals surface area contributed by atoms with E-state index in [1.54, 1.807) is 55.6 Å². The van der Waals surface area contributed by atoms with Crippen LogP contribution in [0.4, 0.5) is 5.69 Å². The number of ether oxygens (including phenoxy) is 2. The summed E-state index contributed by atoms with van der Waals surface area (Å²) in [6, 6.07) is 19.1. The molecule has 0 aliphatic carbocycles. The highest BCUT2D eigenvalue weighted by Crippen LogP contribution is 2.37. The maximum absolute atomic E-state index is 13.6. The van der Waals surface area contributed by atoms with Gasteiger partial charge in [0, 0.05) is 0 Å². The van der Waals surface area contributed by atoms with Gasteiger partial charge in [0.05, 0.1) is 30.3 Å². The SMILES string of the molecule is CCC(NC(=O)C1CN(S(=O)(=O)c2ccc(C)cc2)c2ccccc2O1)c1ccc(OC)c(C)c1. The average molecular weight is 495 g/mol. The molecule has 184 valence electrons. The highest BCUT2D eigenvalue weighted by atomic mass is 32.2. The lowest BCUT2D eigenvalue weighted by molar-refractivity contribution is -0.128. The van der Waals surface area contributed by atoms with Gasteiger partial charge in [-0.2, -0.15) is 0 Å². The molecule has 0 saturated carbocycles. The van der Waals surface area contributed by atoms with Crippen LogP contribution in [0.25, 0.3) is 0 Å². The number of benzene rings is 3. The number of hydrogen-bond acceptors (Lipinski definition) is 5. The molecule has 0 aromatic heterocycles. The van der Waals surface area contributed by atoms with Gasteiger partial charge in [-0.3, -0.25) is 9.10 Å². The van der Waals surface area contributed by atoms with Crippen molar-refractivity contribution in [2.45, 2.75) is 44.2 Å². The van der Waals surface area contributed by atoms with Crippen molar-refractivity contribution in [1.29, 1.82) is 0 Å². The molecule has 0 spiro atoms. The van der Waals surface area contributed by atoms with Crippen molar-refractivity contribution < 1.29 is 22.7 Å². The molecule has 3 aromatic carbocycles. The summed E-state index contributed by atoms with van der Waals surface area (Å²) in [6.45, 7) is 5.70. The van der Waals surface area contributed by atoms with Gasteiger partial charge < -0.3 is 14.8 Å². The second-order valence-corrected chi connectivity index (χ2v) is 10.5. The topological polar surface area (TPSA) is 84.9 Å². The third-order valence-corrected chi connectivity index (χ3v) is 7.98. The van der Waals surface area contributed by atoms with Crippen LogP contribution in [0.5, 0.6) is 11.5 Å². The number of aryl methyl sites for hydroxylation is 2. The van der Waals surface area contributed by atoms with E-state index in [0.29, 0.717) is 17.9 Å². The van der Waals surface area contributed by atoms with Gasteiger partial charge in [0.25, 0.3) is 15.9 Å². The van der Waals surface area contributed by atoms with Gasteiger partial charge in [-0.1, -0.05) is 48.9 Å². The summed E-state index contributed by atoms with van der Waals surface area (Å²) in [5.74, 6) is 0.756. The zero-order valence-electron chi connectivity index (χ0n) is 20.3. The molecule has 35 heavy (non-hydrogen) atoms. The molecule has 1 aliphatic heterocycles. The van der Waals surface area contributed by atoms with E-state index in [9.17, 15) is 13.2 Å². The maximum atomic E-state index is 13.6. The minimum absolute atomic E-state index is 0.128. The van der Waals surface area contributed by atoms with E-state index < -0.39 is 16.1 Å². The van der Waals surface area contributed by atoms with Crippen molar-refractivity contribution in [3.63, 3.8) is 0 Å². The van der Waals surface area contributed by atoms with Gasteiger partial charge in [-0.05, 0) is 61.7 Å². The normalized spacial score (nSPS) is 16.1. The van der Waals surface area contributed by atoms with Crippen LogP contribution in [0.3, 0.4) is 0 Å². The lowest BCUT2D eigenvalue weighted by atomic mass is 10.0. The zero-order chi connectivity index (χ0) is 25.2. The predicted octanol–water partition coefficient (Wildman–Crippen LogP) is 4.54. The summed E-state index contributed by atoms with van der Waals surface area (Å²) < 4.78 is 39.7. The van der Waals surface area contributed by atoms with Gasteiger partial charge in [-0.25, -0.2) is 8.42 Å². The van der Waals surface area contributed by atoms with E-state index in [4.69, 9.17) is 9.47 Å². The number of nitrogens with zero attached hydrogens (tertiary/aromatic N) is 1. The second-order valence-electron chi connectivity index (χ2n) is 8.62. The third kappa shape index (κ3) is 4.98. The first kappa shape index (κ1) is 24.6. The van der Waals surface area contributed by atoms with Crippen LogP contribution in [-0.2, 0) is 14.8 Å². The fourth-order valence-corrected chi connectivity index (χ4v) is 5.68. The van der Waals surface area contributed by atoms with E-state index in [-0.39, 0.29) is 23.4 Å². The minimum Gasteiger partial charge on any atom is -0.496 e. The Balaban J connectivity index is 1.61. The Morgan fingerprint density at radius 1 is 1.11 bits per heavy atom. The monoisotopic (exact) mass is 494 g/mol. The van der Waals surface area contributed by atoms with E-state index in [1.165, 1.54) is 4.31 Å². The molecule has 7 nitrogen and oxygen atoms in total. The van der Waals surface area contributed by atoms with Gasteiger partial charge in [-0.15, -0.1) is 0 Å². The minimum atomic E-state index is -3.90. The van der Waals surface area contributed by atoms with Crippen LogP contribution < -0.4 is 19.1 Å². The Labute approximate surface area is 206 Å². The molecule has 2 atom stereocenters. The lowest BCUT2D eigenvalue weighted by Crippen LogP contribution is -2.51. The van der Waals surface area contributed by atoms with Gasteiger partial charge in [0.1, 0.15) is 11.5 Å². The molecular weight excluding hydrogens is 464 g/mol. The number of para-hydroxylation sites is 2. The predicted molar refractivity (Wildman–Crippen MR) is 135 cm³/mol. The summed E-state index contributed by atoms with van der Waals surface area (Å²) in [5, 5.41) is 3.04. The van der Waals surface area contributed by atoms with Crippen molar-refractivity contribution in [3.8, 4) is 11.5 Å². The summed E-state index contributed by atoms with van der Waals surface area (Å²) in [4.78, 5) is 13.5. The number of nitrogens with one attached hydrogen (secondary N) is 1. The fourth-order valence-electron chi connectivity index (χ4n) is 4.21. The summed E-state index contributed by atoms with van der Waals surface area (Å²) >= 11 is 0. The number of carbonyl (C=O) groups is 1. The van der Waals surface area contributed by atoms with Crippen LogP contribution >= 0.6 is 0 Å². The Morgan fingerprint density at radius 3 is 2.49 bits per heavy atom. The van der Waals surface area contributed by atoms with Crippen LogP contribution in [0.2, 0.25) is 0 Å². The second kappa shape index (κ2) is 10.00. The highest BCUT2D eigenvalue weighted by molar-refractivity contribution is 7.92. The number of hydrogen-bond donors (Lipinski definition) is 1. The molecule has 3 aromatic rings. The molecule has 0 radical (unpaired) electrons. The first-order valence-electron chi connectivity index (χ1n) is 11.5. The van der Waals surface area contributed by atoms with Crippen molar-refractivity contribution >= 4 is 21.6 Å². The van der Waals surface area contributed by atoms with Gasteiger partial charge in [0.15, 0.2) is 6.10 Å². The maximum Gasteiger partial charge on any atom is 0.264 e. The number of sulfonamides is 1. The van der Waals surface area contributed by atoms with Crippen LogP contribution in [0.1, 0.15) is 36.1 Å². The number of rotatable bonds is 7. The molecule has 0 bridgehead atoms. The standard InChI is InChI=1S/C27H30N2O5S/c1-5-22(20-12-15-24(33-4)19(3)16-20)28-27(30)26-17-29(23-8-6-7-9-25(23)34-26)35(31,32)21-13-10-18(2)11-14-21/h6-16,22,26H,5,17H2,1-4H3,(H,28,30). The molecule has 2 unspecified atom stereocenters. The summed E-state index contributed by atoms with van der Waals surface area (Å²) in [7, 11) is -2.28. The molecule has 1 N–H and O–H groups in total. The Kier molecular flexibility index (Phi) is 7.03.